The van der Waals surface area contributed by atoms with Crippen LogP contribution in [0.25, 0.3) is 0 Å². The fourth-order valence-electron chi connectivity index (χ4n) is 3.00. The van der Waals surface area contributed by atoms with Crippen LogP contribution in [0.3, 0.4) is 0 Å². The molecule has 0 N–H and O–H groups in total. The van der Waals surface area contributed by atoms with Crippen LogP contribution in [-0.4, -0.2) is 23.4 Å². The Bertz CT molecular complexity index is 359. The van der Waals surface area contributed by atoms with Crippen molar-refractivity contribution >= 4 is 33.6 Å². The molecule has 0 aliphatic carbocycles. The van der Waals surface area contributed by atoms with Crippen LogP contribution in [0, 0.1) is 6.92 Å². The molecular formula is C17H29ClNSn+. The fraction of sp³-hybridized carbons (Fsp3) is 0.647. The molecule has 20 heavy (non-hydrogen) atoms. The van der Waals surface area contributed by atoms with Gasteiger partial charge in [0.15, 0.2) is 0 Å². The third kappa shape index (κ3) is 5.48. The number of halogens is 1. The molecule has 0 radical (unpaired) electrons. The molecule has 0 fully saturated rings. The van der Waals surface area contributed by atoms with E-state index in [4.69, 9.17) is 11.6 Å². The Morgan fingerprint density at radius 3 is 2.15 bits per heavy atom. The van der Waals surface area contributed by atoms with Gasteiger partial charge in [-0.05, 0) is 0 Å². The van der Waals surface area contributed by atoms with Crippen molar-refractivity contribution in [1.29, 1.82) is 0 Å². The summed E-state index contributed by atoms with van der Waals surface area (Å²) < 4.78 is 5.86. The molecule has 3 heteroatoms. The van der Waals surface area contributed by atoms with Gasteiger partial charge in [-0.1, -0.05) is 0 Å². The van der Waals surface area contributed by atoms with E-state index in [1.807, 2.05) is 0 Å². The average Bonchev–Trinajstić information content (AvgIpc) is 2.47. The van der Waals surface area contributed by atoms with Crippen molar-refractivity contribution in [2.75, 3.05) is 0 Å². The summed E-state index contributed by atoms with van der Waals surface area (Å²) in [7, 11) is 0. The van der Waals surface area contributed by atoms with Crippen LogP contribution in [0.5, 0.6) is 0 Å². The van der Waals surface area contributed by atoms with Crippen LogP contribution < -0.4 is 3.58 Å². The quantitative estimate of drug-likeness (QED) is 0.367. The van der Waals surface area contributed by atoms with Gasteiger partial charge in [-0.15, -0.1) is 0 Å². The Kier molecular flexibility index (Phi) is 9.02. The predicted molar refractivity (Wildman–Crippen MR) is 93.5 cm³/mol. The Morgan fingerprint density at radius 1 is 1.05 bits per heavy atom. The zero-order chi connectivity index (χ0) is 14.8. The van der Waals surface area contributed by atoms with E-state index in [0.29, 0.717) is 0 Å². The predicted octanol–water partition coefficient (Wildman–Crippen LogP) is 5.61. The summed E-state index contributed by atoms with van der Waals surface area (Å²) >= 11 is 3.89. The number of hydrogen-bond donors (Lipinski definition) is 0. The average molecular weight is 402 g/mol. The molecule has 0 aromatic carbocycles. The van der Waals surface area contributed by atoms with Crippen molar-refractivity contribution < 1.29 is 0 Å². The van der Waals surface area contributed by atoms with Crippen molar-refractivity contribution in [2.24, 2.45) is 0 Å². The zero-order valence-electron chi connectivity index (χ0n) is 13.1. The minimum absolute atomic E-state index is 0.811. The molecule has 1 nitrogen and oxygen atoms in total. The fourth-order valence-corrected chi connectivity index (χ4v) is 18.9. The number of pyridine rings is 1. The first-order valence-corrected chi connectivity index (χ1v) is 15.9. The third-order valence-electron chi connectivity index (χ3n) is 4.24. The van der Waals surface area contributed by atoms with E-state index in [9.17, 15) is 0 Å². The summed E-state index contributed by atoms with van der Waals surface area (Å²) in [5, 5.41) is 0.811. The van der Waals surface area contributed by atoms with E-state index in [1.54, 1.807) is 9.78 Å². The van der Waals surface area contributed by atoms with Gasteiger partial charge in [0.05, 0.1) is 0 Å². The van der Waals surface area contributed by atoms with E-state index < -0.39 is 18.4 Å². The normalized spacial score (nSPS) is 11.8. The van der Waals surface area contributed by atoms with Gasteiger partial charge in [0, 0.05) is 0 Å². The molecule has 1 heterocycles. The van der Waals surface area contributed by atoms with Crippen LogP contribution in [0.1, 0.15) is 52.4 Å². The molecule has 0 aliphatic rings. The monoisotopic (exact) mass is 402 g/mol. The molecule has 0 spiro atoms. The second-order valence-corrected chi connectivity index (χ2v) is 19.5. The molecule has 112 valence electrons. The van der Waals surface area contributed by atoms with E-state index in [2.05, 4.69) is 38.0 Å². The summed E-state index contributed by atoms with van der Waals surface area (Å²) in [6.07, 6.45) is 11.5. The van der Waals surface area contributed by atoms with E-state index in [0.717, 1.165) is 11.4 Å². The van der Waals surface area contributed by atoms with E-state index in [-0.39, 0.29) is 0 Å². The van der Waals surface area contributed by atoms with Gasteiger partial charge >= 0.3 is 135 Å². The van der Waals surface area contributed by atoms with Gasteiger partial charge in [-0.2, -0.15) is 0 Å². The topological polar surface area (TPSA) is 12.9 Å². The van der Waals surface area contributed by atoms with Crippen LogP contribution in [0.2, 0.25) is 18.3 Å². The Hall–Kier alpha value is 0.109. The maximum atomic E-state index is 6.21. The molecule has 1 rings (SSSR count). The zero-order valence-corrected chi connectivity index (χ0v) is 16.7. The molecule has 1 aromatic heterocycles. The molecule has 0 saturated carbocycles. The van der Waals surface area contributed by atoms with Crippen LogP contribution in [-0.2, 0) is 0 Å². The van der Waals surface area contributed by atoms with Gasteiger partial charge in [-0.25, -0.2) is 0 Å². The SMILES string of the molecule is [CH2+]CC[CH2][Sn]([CH2]CCC)([CH2]CCC)[c]1cncc(Cl)c1. The van der Waals surface area contributed by atoms with Crippen molar-refractivity contribution in [2.45, 2.75) is 65.7 Å². The second kappa shape index (κ2) is 9.94. The standard InChI is InChI=1S/C5H3ClN.2C4H9.C4H8.Sn/c6-5-2-1-3-7-4-5;3*1-3-4-2;/h2-4H;2*1,3-4H2,2H3;1-4H2;/q;;;+1;. The summed E-state index contributed by atoms with van der Waals surface area (Å²) in [4.78, 5) is 4.38. The third-order valence-corrected chi connectivity index (χ3v) is 19.9. The van der Waals surface area contributed by atoms with Crippen molar-refractivity contribution in [3.8, 4) is 0 Å². The second-order valence-electron chi connectivity index (χ2n) is 5.84. The molecule has 0 unspecified atom stereocenters. The summed E-state index contributed by atoms with van der Waals surface area (Å²) in [6.45, 7) is 8.65. The Morgan fingerprint density at radius 2 is 1.65 bits per heavy atom. The van der Waals surface area contributed by atoms with Gasteiger partial charge in [0.1, 0.15) is 0 Å². The van der Waals surface area contributed by atoms with Gasteiger partial charge < -0.3 is 0 Å². The minimum atomic E-state index is -2.33. The van der Waals surface area contributed by atoms with Crippen molar-refractivity contribution in [3.63, 3.8) is 0 Å². The van der Waals surface area contributed by atoms with Crippen molar-refractivity contribution in [1.82, 2.24) is 4.98 Å². The van der Waals surface area contributed by atoms with Crippen LogP contribution >= 0.6 is 11.6 Å². The summed E-state index contributed by atoms with van der Waals surface area (Å²) in [6, 6.07) is 2.22. The first-order chi connectivity index (χ1) is 9.68. The number of unbranched alkanes of at least 4 members (excludes halogenated alkanes) is 3. The van der Waals surface area contributed by atoms with E-state index in [1.165, 1.54) is 45.4 Å². The van der Waals surface area contributed by atoms with Crippen LogP contribution in [0.15, 0.2) is 18.5 Å². The summed E-state index contributed by atoms with van der Waals surface area (Å²) in [5.41, 5.74) is 0. The molecule has 0 saturated heterocycles. The van der Waals surface area contributed by atoms with Gasteiger partial charge in [0.25, 0.3) is 0 Å². The molecule has 0 aliphatic heterocycles. The first-order valence-electron chi connectivity index (χ1n) is 8.08. The number of hydrogen-bond acceptors (Lipinski definition) is 1. The number of rotatable bonds is 10. The Labute approximate surface area is 134 Å². The van der Waals surface area contributed by atoms with Gasteiger partial charge in [-0.3, -0.25) is 0 Å². The molecule has 0 atom stereocenters. The summed E-state index contributed by atoms with van der Waals surface area (Å²) in [5.74, 6) is 0. The first kappa shape index (κ1) is 18.2. The maximum absolute atomic E-state index is 6.21. The van der Waals surface area contributed by atoms with E-state index >= 15 is 0 Å². The molecule has 0 amide bonds. The van der Waals surface area contributed by atoms with Crippen molar-refractivity contribution in [3.05, 3.63) is 30.4 Å². The molecular weight excluding hydrogens is 372 g/mol. The Balaban J connectivity index is 3.04. The molecule has 1 aromatic rings. The van der Waals surface area contributed by atoms with Crippen LogP contribution in [0.4, 0.5) is 0 Å². The molecule has 0 bridgehead atoms. The van der Waals surface area contributed by atoms with Gasteiger partial charge in [0.2, 0.25) is 0 Å². The number of aromatic nitrogens is 1. The number of nitrogens with zero attached hydrogens (tertiary/aromatic N) is 1.